The van der Waals surface area contributed by atoms with Crippen LogP contribution in [0.25, 0.3) is 0 Å². The summed E-state index contributed by atoms with van der Waals surface area (Å²) in [6.07, 6.45) is 4.02. The minimum Gasteiger partial charge on any atom is -0.352 e. The van der Waals surface area contributed by atoms with E-state index in [1.807, 2.05) is 0 Å². The molecule has 0 bridgehead atoms. The number of nitrogens with one attached hydrogen (secondary N) is 1. The van der Waals surface area contributed by atoms with Crippen molar-refractivity contribution in [2.45, 2.75) is 17.9 Å². The zero-order valence-corrected chi connectivity index (χ0v) is 11.0. The number of aromatic nitrogens is 3. The van der Waals surface area contributed by atoms with Crippen molar-refractivity contribution in [3.63, 3.8) is 0 Å². The standard InChI is InChI=1S/C12H13FN4OS/c13-11-3-2-9(19)8-10(11)12(18)14-4-1-6-17-7-5-15-16-17/h2-3,5,7-8,19H,1,4,6H2,(H,14,18). The minimum atomic E-state index is -0.549. The molecule has 19 heavy (non-hydrogen) atoms. The fourth-order valence-corrected chi connectivity index (χ4v) is 1.78. The first-order valence-corrected chi connectivity index (χ1v) is 6.22. The third-order valence-electron chi connectivity index (χ3n) is 2.52. The van der Waals surface area contributed by atoms with E-state index in [9.17, 15) is 9.18 Å². The first-order valence-electron chi connectivity index (χ1n) is 5.77. The average Bonchev–Trinajstić information content (AvgIpc) is 2.90. The van der Waals surface area contributed by atoms with E-state index >= 15 is 0 Å². The molecule has 100 valence electrons. The molecule has 1 aromatic carbocycles. The Hall–Kier alpha value is -1.89. The highest BCUT2D eigenvalue weighted by atomic mass is 32.1. The van der Waals surface area contributed by atoms with E-state index in [-0.39, 0.29) is 5.56 Å². The van der Waals surface area contributed by atoms with E-state index in [0.717, 1.165) is 0 Å². The summed E-state index contributed by atoms with van der Waals surface area (Å²) in [5, 5.41) is 10.1. The molecule has 1 N–H and O–H groups in total. The summed E-state index contributed by atoms with van der Waals surface area (Å²) < 4.78 is 15.1. The Kier molecular flexibility index (Phi) is 4.51. The van der Waals surface area contributed by atoms with E-state index in [4.69, 9.17) is 0 Å². The maximum atomic E-state index is 13.4. The Labute approximate surface area is 115 Å². The van der Waals surface area contributed by atoms with Crippen LogP contribution in [0, 0.1) is 5.82 Å². The van der Waals surface area contributed by atoms with Crippen LogP contribution in [0.5, 0.6) is 0 Å². The monoisotopic (exact) mass is 280 g/mol. The summed E-state index contributed by atoms with van der Waals surface area (Å²) in [5.41, 5.74) is 0.00764. The lowest BCUT2D eigenvalue weighted by atomic mass is 10.2. The third-order valence-corrected chi connectivity index (χ3v) is 2.79. The number of carbonyl (C=O) groups excluding carboxylic acids is 1. The average molecular weight is 280 g/mol. The Balaban J connectivity index is 1.82. The highest BCUT2D eigenvalue weighted by Gasteiger charge is 2.11. The van der Waals surface area contributed by atoms with Gasteiger partial charge in [-0.05, 0) is 24.6 Å². The van der Waals surface area contributed by atoms with Gasteiger partial charge in [-0.1, -0.05) is 5.21 Å². The van der Waals surface area contributed by atoms with Crippen LogP contribution in [0.3, 0.4) is 0 Å². The summed E-state index contributed by atoms with van der Waals surface area (Å²) in [6.45, 7) is 1.09. The molecule has 0 aliphatic carbocycles. The molecule has 1 aromatic heterocycles. The SMILES string of the molecule is O=C(NCCCn1ccnn1)c1cc(S)ccc1F. The topological polar surface area (TPSA) is 59.8 Å². The highest BCUT2D eigenvalue weighted by Crippen LogP contribution is 2.13. The fourth-order valence-electron chi connectivity index (χ4n) is 1.58. The van der Waals surface area contributed by atoms with Crippen LogP contribution in [0.2, 0.25) is 0 Å². The molecule has 0 saturated carbocycles. The van der Waals surface area contributed by atoms with Gasteiger partial charge in [0.15, 0.2) is 0 Å². The molecular weight excluding hydrogens is 267 g/mol. The van der Waals surface area contributed by atoms with Crippen molar-refractivity contribution in [3.8, 4) is 0 Å². The molecule has 7 heteroatoms. The molecule has 5 nitrogen and oxygen atoms in total. The van der Waals surface area contributed by atoms with Crippen LogP contribution in [-0.2, 0) is 6.54 Å². The van der Waals surface area contributed by atoms with Crippen LogP contribution >= 0.6 is 12.6 Å². The highest BCUT2D eigenvalue weighted by molar-refractivity contribution is 7.80. The van der Waals surface area contributed by atoms with Crippen molar-refractivity contribution < 1.29 is 9.18 Å². The molecule has 0 radical (unpaired) electrons. The van der Waals surface area contributed by atoms with Crippen molar-refractivity contribution in [1.82, 2.24) is 20.3 Å². The molecule has 1 amide bonds. The Morgan fingerprint density at radius 3 is 3.05 bits per heavy atom. The van der Waals surface area contributed by atoms with Gasteiger partial charge in [0.2, 0.25) is 0 Å². The molecule has 0 unspecified atom stereocenters. The predicted molar refractivity (Wildman–Crippen MR) is 70.6 cm³/mol. The number of amides is 1. The molecule has 0 atom stereocenters. The number of nitrogens with zero attached hydrogens (tertiary/aromatic N) is 3. The summed E-state index contributed by atoms with van der Waals surface area (Å²) >= 11 is 4.08. The van der Waals surface area contributed by atoms with Gasteiger partial charge in [0, 0.05) is 24.2 Å². The number of hydrogen-bond acceptors (Lipinski definition) is 4. The maximum Gasteiger partial charge on any atom is 0.254 e. The van der Waals surface area contributed by atoms with Crippen molar-refractivity contribution in [3.05, 3.63) is 42.0 Å². The first-order chi connectivity index (χ1) is 9.16. The van der Waals surface area contributed by atoms with Gasteiger partial charge < -0.3 is 5.32 Å². The Morgan fingerprint density at radius 2 is 2.32 bits per heavy atom. The molecule has 1 heterocycles. The number of thiol groups is 1. The first kappa shape index (κ1) is 13.5. The van der Waals surface area contributed by atoms with E-state index in [0.29, 0.717) is 24.4 Å². The van der Waals surface area contributed by atoms with Gasteiger partial charge in [0.25, 0.3) is 5.91 Å². The molecule has 0 spiro atoms. The van der Waals surface area contributed by atoms with Crippen molar-refractivity contribution in [2.24, 2.45) is 0 Å². The number of hydrogen-bond donors (Lipinski definition) is 2. The molecule has 2 rings (SSSR count). The number of rotatable bonds is 5. The lowest BCUT2D eigenvalue weighted by Crippen LogP contribution is -2.26. The number of benzene rings is 1. The summed E-state index contributed by atoms with van der Waals surface area (Å²) in [6, 6.07) is 4.14. The van der Waals surface area contributed by atoms with Gasteiger partial charge in [-0.25, -0.2) is 4.39 Å². The molecule has 0 saturated heterocycles. The maximum absolute atomic E-state index is 13.4. The lowest BCUT2D eigenvalue weighted by Gasteiger charge is -2.06. The quantitative estimate of drug-likeness (QED) is 0.645. The minimum absolute atomic E-state index is 0.00764. The van der Waals surface area contributed by atoms with Gasteiger partial charge >= 0.3 is 0 Å². The van der Waals surface area contributed by atoms with E-state index < -0.39 is 11.7 Å². The summed E-state index contributed by atoms with van der Waals surface area (Å²) in [7, 11) is 0. The van der Waals surface area contributed by atoms with Crippen molar-refractivity contribution in [2.75, 3.05) is 6.54 Å². The predicted octanol–water partition coefficient (Wildman–Crippen LogP) is 1.53. The second kappa shape index (κ2) is 6.33. The smallest absolute Gasteiger partial charge is 0.254 e. The van der Waals surface area contributed by atoms with Gasteiger partial charge in [-0.3, -0.25) is 9.48 Å². The van der Waals surface area contributed by atoms with Crippen LogP contribution in [0.15, 0.2) is 35.5 Å². The second-order valence-corrected chi connectivity index (χ2v) is 4.46. The molecule has 0 fully saturated rings. The van der Waals surface area contributed by atoms with Crippen molar-refractivity contribution in [1.29, 1.82) is 0 Å². The molecule has 2 aromatic rings. The van der Waals surface area contributed by atoms with Crippen LogP contribution in [0.1, 0.15) is 16.8 Å². The summed E-state index contributed by atoms with van der Waals surface area (Å²) in [4.78, 5) is 12.3. The van der Waals surface area contributed by atoms with Gasteiger partial charge in [0.1, 0.15) is 5.82 Å². The van der Waals surface area contributed by atoms with Gasteiger partial charge in [-0.2, -0.15) is 0 Å². The summed E-state index contributed by atoms with van der Waals surface area (Å²) in [5.74, 6) is -0.987. The lowest BCUT2D eigenvalue weighted by molar-refractivity contribution is 0.0948. The van der Waals surface area contributed by atoms with E-state index in [2.05, 4.69) is 28.3 Å². The van der Waals surface area contributed by atoms with Crippen LogP contribution < -0.4 is 5.32 Å². The molecule has 0 aliphatic heterocycles. The normalized spacial score (nSPS) is 10.4. The number of carbonyl (C=O) groups is 1. The zero-order chi connectivity index (χ0) is 13.7. The van der Waals surface area contributed by atoms with Gasteiger partial charge in [-0.15, -0.1) is 17.7 Å². The zero-order valence-electron chi connectivity index (χ0n) is 10.1. The van der Waals surface area contributed by atoms with Crippen LogP contribution in [0.4, 0.5) is 4.39 Å². The molecular formula is C12H13FN4OS. The number of aryl methyl sites for hydroxylation is 1. The van der Waals surface area contributed by atoms with E-state index in [1.54, 1.807) is 17.1 Å². The largest absolute Gasteiger partial charge is 0.352 e. The third kappa shape index (κ3) is 3.78. The molecule has 0 aliphatic rings. The van der Waals surface area contributed by atoms with Crippen LogP contribution in [-0.4, -0.2) is 27.4 Å². The number of halogens is 1. The fraction of sp³-hybridized carbons (Fsp3) is 0.250. The Morgan fingerprint density at radius 1 is 1.47 bits per heavy atom. The Bertz CT molecular complexity index is 559. The van der Waals surface area contributed by atoms with E-state index in [1.165, 1.54) is 18.2 Å². The van der Waals surface area contributed by atoms with Gasteiger partial charge in [0.05, 0.1) is 11.8 Å². The second-order valence-electron chi connectivity index (χ2n) is 3.94. The van der Waals surface area contributed by atoms with Crippen molar-refractivity contribution >= 4 is 18.5 Å².